The molecule has 0 unspecified atom stereocenters. The number of amides is 1. The Morgan fingerprint density at radius 3 is 2.46 bits per heavy atom. The van der Waals surface area contributed by atoms with Gasteiger partial charge in [-0.25, -0.2) is 4.79 Å². The van der Waals surface area contributed by atoms with Gasteiger partial charge in [-0.2, -0.15) is 0 Å². The second kappa shape index (κ2) is 10.7. The largest absolute Gasteiger partial charge is 0.490 e. The van der Waals surface area contributed by atoms with E-state index in [1.807, 2.05) is 32.9 Å². The number of carbonyl (C=O) groups is 1. The molecule has 8 heteroatoms. The van der Waals surface area contributed by atoms with Crippen LogP contribution in [0.15, 0.2) is 29.5 Å². The molecule has 1 saturated carbocycles. The molecule has 0 aliphatic heterocycles. The Balaban J connectivity index is 1.63. The van der Waals surface area contributed by atoms with Crippen LogP contribution in [0.2, 0.25) is 0 Å². The number of aromatic nitrogens is 1. The molecule has 0 aromatic carbocycles. The molecule has 1 aliphatic rings. The number of nitrogens with zero attached hydrogens (tertiary/aromatic N) is 2. The van der Waals surface area contributed by atoms with Gasteiger partial charge in [0, 0.05) is 25.3 Å². The third-order valence-electron chi connectivity index (χ3n) is 4.31. The summed E-state index contributed by atoms with van der Waals surface area (Å²) in [5.41, 5.74) is -0.470. The fourth-order valence-electron chi connectivity index (χ4n) is 3.02. The summed E-state index contributed by atoms with van der Waals surface area (Å²) in [6, 6.07) is 4.22. The van der Waals surface area contributed by atoms with Crippen LogP contribution in [0, 0.1) is 0 Å². The summed E-state index contributed by atoms with van der Waals surface area (Å²) in [5.74, 6) is 1.52. The smallest absolute Gasteiger partial charge is 0.407 e. The number of pyridine rings is 1. The van der Waals surface area contributed by atoms with E-state index in [0.717, 1.165) is 37.4 Å². The van der Waals surface area contributed by atoms with E-state index in [4.69, 9.17) is 9.47 Å². The second-order valence-corrected chi connectivity index (χ2v) is 7.88. The van der Waals surface area contributed by atoms with Crippen molar-refractivity contribution in [3.63, 3.8) is 0 Å². The van der Waals surface area contributed by atoms with Crippen LogP contribution >= 0.6 is 0 Å². The Bertz CT molecular complexity index is 622. The van der Waals surface area contributed by atoms with Crippen LogP contribution in [-0.2, 0) is 4.74 Å². The van der Waals surface area contributed by atoms with E-state index in [2.05, 4.69) is 25.9 Å². The van der Waals surface area contributed by atoms with Crippen molar-refractivity contribution >= 4 is 12.1 Å². The highest BCUT2D eigenvalue weighted by Crippen LogP contribution is 2.19. The van der Waals surface area contributed by atoms with E-state index >= 15 is 0 Å². The van der Waals surface area contributed by atoms with Crippen molar-refractivity contribution in [3.05, 3.63) is 24.5 Å². The highest BCUT2D eigenvalue weighted by molar-refractivity contribution is 5.79. The van der Waals surface area contributed by atoms with E-state index in [9.17, 15) is 4.79 Å². The molecule has 8 nitrogen and oxygen atoms in total. The van der Waals surface area contributed by atoms with Crippen LogP contribution < -0.4 is 20.7 Å². The topological polar surface area (TPSA) is 96.9 Å². The summed E-state index contributed by atoms with van der Waals surface area (Å²) in [4.78, 5) is 20.2. The zero-order valence-electron chi connectivity index (χ0n) is 17.3. The van der Waals surface area contributed by atoms with Crippen molar-refractivity contribution in [1.29, 1.82) is 0 Å². The van der Waals surface area contributed by atoms with Gasteiger partial charge in [0.1, 0.15) is 18.0 Å². The molecule has 0 saturated heterocycles. The van der Waals surface area contributed by atoms with Gasteiger partial charge in [-0.3, -0.25) is 9.98 Å². The van der Waals surface area contributed by atoms with Gasteiger partial charge in [-0.05, 0) is 58.6 Å². The van der Waals surface area contributed by atoms with E-state index in [1.165, 1.54) is 0 Å². The normalized spacial score (nSPS) is 20.2. The molecule has 0 radical (unpaired) electrons. The van der Waals surface area contributed by atoms with Crippen LogP contribution in [0.1, 0.15) is 46.5 Å². The number of guanidine groups is 1. The number of rotatable bonds is 6. The lowest BCUT2D eigenvalue weighted by Gasteiger charge is -2.31. The SMILES string of the molecule is CN=C(NCCOc1cccnc1)NC1CCC(NC(=O)OC(C)(C)C)CC1. The van der Waals surface area contributed by atoms with E-state index in [-0.39, 0.29) is 12.1 Å². The van der Waals surface area contributed by atoms with E-state index in [0.29, 0.717) is 19.2 Å². The average molecular weight is 392 g/mol. The molecular weight excluding hydrogens is 358 g/mol. The minimum Gasteiger partial charge on any atom is -0.490 e. The van der Waals surface area contributed by atoms with Gasteiger partial charge >= 0.3 is 6.09 Å². The van der Waals surface area contributed by atoms with Crippen LogP contribution in [-0.4, -0.2) is 54.9 Å². The molecule has 1 aromatic rings. The van der Waals surface area contributed by atoms with E-state index < -0.39 is 5.60 Å². The molecule has 0 spiro atoms. The Morgan fingerprint density at radius 2 is 1.89 bits per heavy atom. The molecule has 2 rings (SSSR count). The van der Waals surface area contributed by atoms with Crippen LogP contribution in [0.5, 0.6) is 5.75 Å². The van der Waals surface area contributed by atoms with Gasteiger partial charge in [0.15, 0.2) is 5.96 Å². The van der Waals surface area contributed by atoms with Gasteiger partial charge in [-0.1, -0.05) is 0 Å². The lowest BCUT2D eigenvalue weighted by molar-refractivity contribution is 0.0490. The van der Waals surface area contributed by atoms with Gasteiger partial charge in [0.05, 0.1) is 12.7 Å². The number of nitrogens with one attached hydrogen (secondary N) is 3. The Kier molecular flexibility index (Phi) is 8.35. The molecule has 156 valence electrons. The highest BCUT2D eigenvalue weighted by atomic mass is 16.6. The number of hydrogen-bond acceptors (Lipinski definition) is 5. The summed E-state index contributed by atoms with van der Waals surface area (Å²) in [6.45, 7) is 6.78. The Morgan fingerprint density at radius 1 is 1.21 bits per heavy atom. The first-order chi connectivity index (χ1) is 13.4. The first kappa shape index (κ1) is 21.8. The summed E-state index contributed by atoms with van der Waals surface area (Å²) < 4.78 is 10.9. The number of hydrogen-bond donors (Lipinski definition) is 3. The summed E-state index contributed by atoms with van der Waals surface area (Å²) in [7, 11) is 1.76. The minimum absolute atomic E-state index is 0.163. The van der Waals surface area contributed by atoms with Crippen LogP contribution in [0.4, 0.5) is 4.79 Å². The fourth-order valence-corrected chi connectivity index (χ4v) is 3.02. The predicted octanol–water partition coefficient (Wildman–Crippen LogP) is 2.46. The zero-order chi connectivity index (χ0) is 20.4. The molecule has 28 heavy (non-hydrogen) atoms. The molecule has 0 bridgehead atoms. The summed E-state index contributed by atoms with van der Waals surface area (Å²) in [5, 5.41) is 9.67. The standard InChI is InChI=1S/C20H33N5O3/c1-20(2,3)28-19(26)25-16-9-7-15(8-10-16)24-18(21-4)23-12-13-27-17-6-5-11-22-14-17/h5-6,11,14-16H,7-10,12-13H2,1-4H3,(H,25,26)(H2,21,23,24). The number of ether oxygens (including phenoxy) is 2. The predicted molar refractivity (Wildman–Crippen MR) is 110 cm³/mol. The lowest BCUT2D eigenvalue weighted by Crippen LogP contribution is -2.48. The van der Waals surface area contributed by atoms with Crippen LogP contribution in [0.3, 0.4) is 0 Å². The third kappa shape index (κ3) is 8.45. The fraction of sp³-hybridized carbons (Fsp3) is 0.650. The molecular formula is C20H33N5O3. The molecule has 1 fully saturated rings. The van der Waals surface area contributed by atoms with Crippen LogP contribution in [0.25, 0.3) is 0 Å². The van der Waals surface area contributed by atoms with E-state index in [1.54, 1.807) is 19.4 Å². The maximum atomic E-state index is 11.9. The Hall–Kier alpha value is -2.51. The number of alkyl carbamates (subject to hydrolysis) is 1. The van der Waals surface area contributed by atoms with Crippen molar-refractivity contribution in [3.8, 4) is 5.75 Å². The second-order valence-electron chi connectivity index (χ2n) is 7.88. The molecule has 0 atom stereocenters. The average Bonchev–Trinajstić information content (AvgIpc) is 2.65. The molecule has 1 aliphatic carbocycles. The zero-order valence-corrected chi connectivity index (χ0v) is 17.3. The molecule has 1 amide bonds. The first-order valence-corrected chi connectivity index (χ1v) is 9.85. The maximum absolute atomic E-state index is 11.9. The number of carbonyl (C=O) groups excluding carboxylic acids is 1. The monoisotopic (exact) mass is 391 g/mol. The van der Waals surface area contributed by atoms with Crippen molar-refractivity contribution in [1.82, 2.24) is 20.9 Å². The van der Waals surface area contributed by atoms with Crippen molar-refractivity contribution in [2.45, 2.75) is 64.1 Å². The Labute approximate surface area is 167 Å². The third-order valence-corrected chi connectivity index (χ3v) is 4.31. The first-order valence-electron chi connectivity index (χ1n) is 9.85. The van der Waals surface area contributed by atoms with Gasteiger partial charge in [0.25, 0.3) is 0 Å². The number of aliphatic imine (C=N–C) groups is 1. The lowest BCUT2D eigenvalue weighted by atomic mass is 9.91. The van der Waals surface area contributed by atoms with Crippen molar-refractivity contribution in [2.75, 3.05) is 20.2 Å². The molecule has 1 aromatic heterocycles. The quantitative estimate of drug-likeness (QED) is 0.392. The van der Waals surface area contributed by atoms with Gasteiger partial charge in [0.2, 0.25) is 0 Å². The summed E-state index contributed by atoms with van der Waals surface area (Å²) >= 11 is 0. The van der Waals surface area contributed by atoms with Crippen molar-refractivity contribution < 1.29 is 14.3 Å². The highest BCUT2D eigenvalue weighted by Gasteiger charge is 2.25. The van der Waals surface area contributed by atoms with Gasteiger partial charge in [-0.15, -0.1) is 0 Å². The molecule has 3 N–H and O–H groups in total. The minimum atomic E-state index is -0.470. The molecule has 1 heterocycles. The maximum Gasteiger partial charge on any atom is 0.407 e. The van der Waals surface area contributed by atoms with Crippen molar-refractivity contribution in [2.24, 2.45) is 4.99 Å². The summed E-state index contributed by atoms with van der Waals surface area (Å²) in [6.07, 6.45) is 6.83. The van der Waals surface area contributed by atoms with Gasteiger partial charge < -0.3 is 25.4 Å².